The summed E-state index contributed by atoms with van der Waals surface area (Å²) in [6, 6.07) is 0.691. The first-order chi connectivity index (χ1) is 10.9. The summed E-state index contributed by atoms with van der Waals surface area (Å²) in [7, 11) is 0. The van der Waals surface area contributed by atoms with E-state index in [9.17, 15) is 4.79 Å². The Balaban J connectivity index is 1.63. The average Bonchev–Trinajstić information content (AvgIpc) is 2.95. The number of amides is 1. The van der Waals surface area contributed by atoms with Crippen molar-refractivity contribution >= 4 is 6.09 Å². The van der Waals surface area contributed by atoms with E-state index in [0.717, 1.165) is 38.8 Å². The van der Waals surface area contributed by atoms with E-state index in [-0.39, 0.29) is 12.1 Å². The molecule has 2 atom stereocenters. The third kappa shape index (κ3) is 7.03. The summed E-state index contributed by atoms with van der Waals surface area (Å²) in [6.07, 6.45) is 10.7. The van der Waals surface area contributed by atoms with Crippen molar-refractivity contribution in [2.75, 3.05) is 6.54 Å². The van der Waals surface area contributed by atoms with Crippen LogP contribution in [0.3, 0.4) is 0 Å². The number of rotatable bonds is 6. The van der Waals surface area contributed by atoms with Crippen LogP contribution in [0.2, 0.25) is 0 Å². The highest BCUT2D eigenvalue weighted by atomic mass is 16.6. The Morgan fingerprint density at radius 1 is 1.35 bits per heavy atom. The molecule has 6 nitrogen and oxygen atoms in total. The molecule has 1 aliphatic rings. The second-order valence-electron chi connectivity index (χ2n) is 7.31. The van der Waals surface area contributed by atoms with E-state index in [4.69, 9.17) is 4.74 Å². The van der Waals surface area contributed by atoms with Crippen molar-refractivity contribution in [3.8, 4) is 0 Å². The molecular formula is C17H30N4O2. The van der Waals surface area contributed by atoms with Crippen LogP contribution in [0.4, 0.5) is 4.79 Å². The molecule has 0 bridgehead atoms. The van der Waals surface area contributed by atoms with Crippen molar-refractivity contribution in [2.45, 2.75) is 77.1 Å². The first kappa shape index (κ1) is 17.8. The molecule has 0 aliphatic heterocycles. The Kier molecular flexibility index (Phi) is 6.45. The highest BCUT2D eigenvalue weighted by molar-refractivity contribution is 5.68. The summed E-state index contributed by atoms with van der Waals surface area (Å²) in [6.45, 7) is 7.63. The molecule has 1 fully saturated rings. The minimum atomic E-state index is -0.441. The van der Waals surface area contributed by atoms with E-state index in [1.54, 1.807) is 0 Å². The highest BCUT2D eigenvalue weighted by Gasteiger charge is 2.25. The van der Waals surface area contributed by atoms with Gasteiger partial charge in [-0.05, 0) is 59.4 Å². The SMILES string of the molecule is CC(C)(C)OC(=O)NC1CCCC(NCCCn2ccnc2)C1. The normalized spacial score (nSPS) is 21.9. The molecule has 1 aromatic heterocycles. The van der Waals surface area contributed by atoms with Gasteiger partial charge in [0.15, 0.2) is 0 Å². The van der Waals surface area contributed by atoms with Gasteiger partial charge in [-0.2, -0.15) is 0 Å². The van der Waals surface area contributed by atoms with Gasteiger partial charge in [0.25, 0.3) is 0 Å². The maximum Gasteiger partial charge on any atom is 0.407 e. The number of imidazole rings is 1. The first-order valence-electron chi connectivity index (χ1n) is 8.61. The van der Waals surface area contributed by atoms with E-state index in [0.29, 0.717) is 6.04 Å². The molecule has 23 heavy (non-hydrogen) atoms. The van der Waals surface area contributed by atoms with Crippen LogP contribution in [-0.2, 0) is 11.3 Å². The molecule has 1 amide bonds. The van der Waals surface area contributed by atoms with Crippen molar-refractivity contribution in [1.82, 2.24) is 20.2 Å². The van der Waals surface area contributed by atoms with Gasteiger partial charge in [-0.15, -0.1) is 0 Å². The lowest BCUT2D eigenvalue weighted by Crippen LogP contribution is -2.45. The molecule has 1 aliphatic carbocycles. The lowest BCUT2D eigenvalue weighted by atomic mass is 9.91. The Morgan fingerprint density at radius 3 is 2.83 bits per heavy atom. The van der Waals surface area contributed by atoms with Crippen LogP contribution in [0, 0.1) is 0 Å². The predicted molar refractivity (Wildman–Crippen MR) is 90.3 cm³/mol. The van der Waals surface area contributed by atoms with Crippen LogP contribution < -0.4 is 10.6 Å². The minimum Gasteiger partial charge on any atom is -0.444 e. The molecule has 1 saturated carbocycles. The maximum absolute atomic E-state index is 11.9. The molecule has 0 saturated heterocycles. The summed E-state index contributed by atoms with van der Waals surface area (Å²) in [5.74, 6) is 0. The van der Waals surface area contributed by atoms with Crippen LogP contribution in [0.25, 0.3) is 0 Å². The van der Waals surface area contributed by atoms with Crippen LogP contribution in [0.15, 0.2) is 18.7 Å². The number of hydrogen-bond donors (Lipinski definition) is 2. The molecule has 130 valence electrons. The van der Waals surface area contributed by atoms with Crippen molar-refractivity contribution in [2.24, 2.45) is 0 Å². The van der Waals surface area contributed by atoms with Gasteiger partial charge in [0.05, 0.1) is 6.33 Å². The molecule has 6 heteroatoms. The zero-order valence-electron chi connectivity index (χ0n) is 14.5. The lowest BCUT2D eigenvalue weighted by molar-refractivity contribution is 0.0488. The van der Waals surface area contributed by atoms with Crippen LogP contribution in [0.1, 0.15) is 52.9 Å². The van der Waals surface area contributed by atoms with Crippen LogP contribution in [0.5, 0.6) is 0 Å². The van der Waals surface area contributed by atoms with Gasteiger partial charge in [0.1, 0.15) is 5.60 Å². The second-order valence-corrected chi connectivity index (χ2v) is 7.31. The molecule has 2 rings (SSSR count). The number of carbonyl (C=O) groups is 1. The maximum atomic E-state index is 11.9. The third-order valence-corrected chi connectivity index (χ3v) is 3.98. The summed E-state index contributed by atoms with van der Waals surface area (Å²) in [4.78, 5) is 15.9. The number of carbonyl (C=O) groups excluding carboxylic acids is 1. The van der Waals surface area contributed by atoms with E-state index >= 15 is 0 Å². The average molecular weight is 322 g/mol. The molecule has 1 aromatic rings. The zero-order chi connectivity index (χ0) is 16.7. The molecule has 0 aromatic carbocycles. The summed E-state index contributed by atoms with van der Waals surface area (Å²) in [5, 5.41) is 6.61. The molecule has 2 N–H and O–H groups in total. The number of nitrogens with zero attached hydrogens (tertiary/aromatic N) is 2. The molecule has 0 radical (unpaired) electrons. The number of nitrogens with one attached hydrogen (secondary N) is 2. The Bertz CT molecular complexity index is 467. The molecule has 0 spiro atoms. The fourth-order valence-corrected chi connectivity index (χ4v) is 2.97. The molecule has 2 unspecified atom stereocenters. The van der Waals surface area contributed by atoms with E-state index in [1.807, 2.05) is 39.5 Å². The van der Waals surface area contributed by atoms with Gasteiger partial charge in [-0.1, -0.05) is 0 Å². The van der Waals surface area contributed by atoms with Gasteiger partial charge in [-0.25, -0.2) is 9.78 Å². The second kappa shape index (κ2) is 8.34. The summed E-state index contributed by atoms with van der Waals surface area (Å²) in [5.41, 5.74) is -0.441. The van der Waals surface area contributed by atoms with Crippen molar-refractivity contribution < 1.29 is 9.53 Å². The van der Waals surface area contributed by atoms with Crippen molar-refractivity contribution in [1.29, 1.82) is 0 Å². The first-order valence-corrected chi connectivity index (χ1v) is 8.61. The lowest BCUT2D eigenvalue weighted by Gasteiger charge is -2.31. The fraction of sp³-hybridized carbons (Fsp3) is 0.765. The minimum absolute atomic E-state index is 0.213. The van der Waals surface area contributed by atoms with Crippen LogP contribution in [-0.4, -0.2) is 39.9 Å². The van der Waals surface area contributed by atoms with Gasteiger partial charge in [-0.3, -0.25) is 0 Å². The number of hydrogen-bond acceptors (Lipinski definition) is 4. The third-order valence-electron chi connectivity index (χ3n) is 3.98. The van der Waals surface area contributed by atoms with Crippen molar-refractivity contribution in [3.05, 3.63) is 18.7 Å². The van der Waals surface area contributed by atoms with E-state index in [1.165, 1.54) is 6.42 Å². The van der Waals surface area contributed by atoms with E-state index in [2.05, 4.69) is 20.2 Å². The van der Waals surface area contributed by atoms with Crippen LogP contribution >= 0.6 is 0 Å². The largest absolute Gasteiger partial charge is 0.444 e. The van der Waals surface area contributed by atoms with Gasteiger partial charge < -0.3 is 19.9 Å². The Morgan fingerprint density at radius 2 is 2.13 bits per heavy atom. The molecular weight excluding hydrogens is 292 g/mol. The molecule has 1 heterocycles. The Labute approximate surface area is 139 Å². The number of aryl methyl sites for hydroxylation is 1. The number of alkyl carbamates (subject to hydrolysis) is 1. The standard InChI is InChI=1S/C17H30N4O2/c1-17(2,3)23-16(22)20-15-7-4-6-14(12-15)19-8-5-10-21-11-9-18-13-21/h9,11,13-15,19H,4-8,10,12H2,1-3H3,(H,20,22). The zero-order valence-corrected chi connectivity index (χ0v) is 14.5. The smallest absolute Gasteiger partial charge is 0.407 e. The van der Waals surface area contributed by atoms with Gasteiger partial charge in [0.2, 0.25) is 0 Å². The van der Waals surface area contributed by atoms with Crippen molar-refractivity contribution in [3.63, 3.8) is 0 Å². The van der Waals surface area contributed by atoms with E-state index < -0.39 is 5.60 Å². The quantitative estimate of drug-likeness (QED) is 0.790. The monoisotopic (exact) mass is 322 g/mol. The topological polar surface area (TPSA) is 68.2 Å². The van der Waals surface area contributed by atoms with Gasteiger partial charge in [0, 0.05) is 31.0 Å². The fourth-order valence-electron chi connectivity index (χ4n) is 2.97. The predicted octanol–water partition coefficient (Wildman–Crippen LogP) is 2.70. The summed E-state index contributed by atoms with van der Waals surface area (Å²) < 4.78 is 7.43. The Hall–Kier alpha value is -1.56. The highest BCUT2D eigenvalue weighted by Crippen LogP contribution is 2.19. The summed E-state index contributed by atoms with van der Waals surface area (Å²) >= 11 is 0. The number of aromatic nitrogens is 2. The number of ether oxygens (including phenoxy) is 1. The van der Waals surface area contributed by atoms with Gasteiger partial charge >= 0.3 is 6.09 Å².